The topological polar surface area (TPSA) is 46.6 Å². The number of hydrogen-bond donors (Lipinski definition) is 0. The molecule has 1 fully saturated rings. The van der Waals surface area contributed by atoms with Gasteiger partial charge in [-0.1, -0.05) is 0 Å². The van der Waals surface area contributed by atoms with Crippen LogP contribution in [-0.2, 0) is 9.53 Å². The van der Waals surface area contributed by atoms with Gasteiger partial charge < -0.3 is 4.74 Å². The summed E-state index contributed by atoms with van der Waals surface area (Å²) in [5.74, 6) is 0. The van der Waals surface area contributed by atoms with Crippen molar-refractivity contribution in [1.82, 2.24) is 4.90 Å². The van der Waals surface area contributed by atoms with E-state index in [0.29, 0.717) is 13.0 Å². The van der Waals surface area contributed by atoms with Crippen molar-refractivity contribution < 1.29 is 14.3 Å². The van der Waals surface area contributed by atoms with Crippen molar-refractivity contribution in [3.05, 3.63) is 0 Å². The van der Waals surface area contributed by atoms with Crippen LogP contribution in [0.3, 0.4) is 0 Å². The van der Waals surface area contributed by atoms with Crippen LogP contribution >= 0.6 is 11.6 Å². The van der Waals surface area contributed by atoms with Crippen LogP contribution in [-0.4, -0.2) is 33.9 Å². The average Bonchev–Trinajstić information content (AvgIpc) is 1.96. The van der Waals surface area contributed by atoms with Crippen molar-refractivity contribution in [1.29, 1.82) is 0 Å². The minimum atomic E-state index is -0.885. The Labute approximate surface area is 94.5 Å². The summed E-state index contributed by atoms with van der Waals surface area (Å²) < 4.78 is 5.16. The molecule has 1 amide bonds. The number of nitrogens with zero attached hydrogens (tertiary/aromatic N) is 1. The van der Waals surface area contributed by atoms with Gasteiger partial charge in [-0.05, 0) is 45.7 Å². The number of rotatable bonds is 1. The molecule has 0 aromatic rings. The highest BCUT2D eigenvalue weighted by atomic mass is 35.5. The summed E-state index contributed by atoms with van der Waals surface area (Å²) in [7, 11) is 0. The molecule has 0 radical (unpaired) electrons. The van der Waals surface area contributed by atoms with E-state index < -0.39 is 22.5 Å². The van der Waals surface area contributed by atoms with Gasteiger partial charge in [-0.3, -0.25) is 9.69 Å². The molecule has 0 aromatic carbocycles. The number of carbonyl (C=O) groups is 2. The minimum Gasteiger partial charge on any atom is -0.444 e. The quantitative estimate of drug-likeness (QED) is 0.652. The fourth-order valence-corrected chi connectivity index (χ4v) is 1.57. The molecule has 0 aromatic heterocycles. The van der Waals surface area contributed by atoms with Gasteiger partial charge >= 0.3 is 6.09 Å². The zero-order valence-electron chi connectivity index (χ0n) is 9.46. The molecule has 1 atom stereocenters. The van der Waals surface area contributed by atoms with Gasteiger partial charge in [0.25, 0.3) is 0 Å². The fraction of sp³-hybridized carbons (Fsp3) is 0.800. The Bertz CT molecular complexity index is 298. The first kappa shape index (κ1) is 12.3. The zero-order chi connectivity index (χ0) is 11.9. The molecule has 4 nitrogen and oxygen atoms in total. The monoisotopic (exact) mass is 233 g/mol. The smallest absolute Gasteiger partial charge is 0.411 e. The van der Waals surface area contributed by atoms with E-state index >= 15 is 0 Å². The van der Waals surface area contributed by atoms with Crippen molar-refractivity contribution in [3.63, 3.8) is 0 Å². The molecular weight excluding hydrogens is 218 g/mol. The Morgan fingerprint density at radius 2 is 1.93 bits per heavy atom. The highest BCUT2D eigenvalue weighted by Gasteiger charge is 2.50. The van der Waals surface area contributed by atoms with Gasteiger partial charge in [0.15, 0.2) is 0 Å². The van der Waals surface area contributed by atoms with Crippen LogP contribution in [0.4, 0.5) is 4.79 Å². The van der Waals surface area contributed by atoms with Gasteiger partial charge in [0.1, 0.15) is 11.1 Å². The van der Waals surface area contributed by atoms with E-state index in [1.165, 1.54) is 4.90 Å². The number of likely N-dealkylation sites (tertiary alicyclic amines) is 1. The molecule has 0 N–H and O–H groups in total. The highest BCUT2D eigenvalue weighted by Crippen LogP contribution is 2.33. The van der Waals surface area contributed by atoms with E-state index in [-0.39, 0.29) is 0 Å². The normalized spacial score (nSPS) is 25.8. The van der Waals surface area contributed by atoms with Crippen LogP contribution in [0.2, 0.25) is 0 Å². The number of hydrogen-bond acceptors (Lipinski definition) is 3. The third-order valence-corrected chi connectivity index (χ3v) is 2.86. The zero-order valence-corrected chi connectivity index (χ0v) is 10.2. The summed E-state index contributed by atoms with van der Waals surface area (Å²) in [6.45, 7) is 7.51. The SMILES string of the molecule is CC(C)(C)OC(=O)N1CCC1(C)C(=O)Cl. The molecule has 86 valence electrons. The van der Waals surface area contributed by atoms with Crippen molar-refractivity contribution in [2.75, 3.05) is 6.54 Å². The summed E-state index contributed by atoms with van der Waals surface area (Å²) in [5, 5.41) is -0.514. The van der Waals surface area contributed by atoms with Gasteiger partial charge in [0, 0.05) is 6.54 Å². The molecule has 1 heterocycles. The maximum Gasteiger partial charge on any atom is 0.411 e. The van der Waals surface area contributed by atoms with Crippen LogP contribution < -0.4 is 0 Å². The summed E-state index contributed by atoms with van der Waals surface area (Å²) in [4.78, 5) is 24.2. The predicted octanol–water partition coefficient (Wildman–Crippen LogP) is 2.15. The van der Waals surface area contributed by atoms with Gasteiger partial charge in [0.05, 0.1) is 0 Å². The maximum atomic E-state index is 11.7. The first-order chi connectivity index (χ1) is 6.67. The highest BCUT2D eigenvalue weighted by molar-refractivity contribution is 6.65. The predicted molar refractivity (Wildman–Crippen MR) is 56.8 cm³/mol. The molecule has 1 aliphatic rings. The van der Waals surface area contributed by atoms with Gasteiger partial charge in [0.2, 0.25) is 5.24 Å². The second kappa shape index (κ2) is 3.67. The lowest BCUT2D eigenvalue weighted by atomic mass is 9.89. The lowest BCUT2D eigenvalue weighted by molar-refractivity contribution is -0.129. The lowest BCUT2D eigenvalue weighted by Crippen LogP contribution is -2.64. The Morgan fingerprint density at radius 3 is 2.20 bits per heavy atom. The van der Waals surface area contributed by atoms with Crippen LogP contribution in [0.1, 0.15) is 34.1 Å². The molecule has 1 aliphatic heterocycles. The van der Waals surface area contributed by atoms with E-state index in [0.717, 1.165) is 0 Å². The Balaban J connectivity index is 2.67. The minimum absolute atomic E-state index is 0.481. The number of carbonyl (C=O) groups excluding carboxylic acids is 2. The van der Waals surface area contributed by atoms with E-state index in [9.17, 15) is 9.59 Å². The molecule has 1 rings (SSSR count). The molecule has 1 unspecified atom stereocenters. The third-order valence-electron chi connectivity index (χ3n) is 2.46. The number of amides is 1. The summed E-state index contributed by atoms with van der Waals surface area (Å²) in [6, 6.07) is 0. The average molecular weight is 234 g/mol. The molecule has 0 bridgehead atoms. The van der Waals surface area contributed by atoms with Gasteiger partial charge in [-0.25, -0.2) is 4.79 Å². The molecule has 0 spiro atoms. The number of ether oxygens (including phenoxy) is 1. The largest absolute Gasteiger partial charge is 0.444 e. The molecule has 1 saturated heterocycles. The van der Waals surface area contributed by atoms with Crippen LogP contribution in [0.5, 0.6) is 0 Å². The summed E-state index contributed by atoms with van der Waals surface area (Å²) in [5.41, 5.74) is -1.44. The molecule has 15 heavy (non-hydrogen) atoms. The molecule has 0 aliphatic carbocycles. The third kappa shape index (κ3) is 2.43. The van der Waals surface area contributed by atoms with Crippen molar-refractivity contribution >= 4 is 22.9 Å². The Hall–Kier alpha value is -0.770. The first-order valence-electron chi connectivity index (χ1n) is 4.87. The first-order valence-corrected chi connectivity index (χ1v) is 5.25. The Kier molecular flexibility index (Phi) is 3.01. The van der Waals surface area contributed by atoms with Crippen LogP contribution in [0, 0.1) is 0 Å². The maximum absolute atomic E-state index is 11.7. The van der Waals surface area contributed by atoms with E-state index in [1.807, 2.05) is 0 Å². The van der Waals surface area contributed by atoms with E-state index in [1.54, 1.807) is 27.7 Å². The van der Waals surface area contributed by atoms with E-state index in [2.05, 4.69) is 0 Å². The van der Waals surface area contributed by atoms with Crippen LogP contribution in [0.25, 0.3) is 0 Å². The standard InChI is InChI=1S/C10H16ClNO3/c1-9(2,3)15-8(14)12-6-5-10(12,4)7(11)13/h5-6H2,1-4H3. The number of halogens is 1. The second-order valence-electron chi connectivity index (χ2n) is 4.93. The van der Waals surface area contributed by atoms with Crippen LogP contribution in [0.15, 0.2) is 0 Å². The lowest BCUT2D eigenvalue weighted by Gasteiger charge is -2.47. The Morgan fingerprint density at radius 1 is 1.40 bits per heavy atom. The van der Waals surface area contributed by atoms with Gasteiger partial charge in [-0.15, -0.1) is 0 Å². The molecule has 0 saturated carbocycles. The second-order valence-corrected chi connectivity index (χ2v) is 5.27. The molecular formula is C10H16ClNO3. The fourth-order valence-electron chi connectivity index (χ4n) is 1.37. The summed E-state index contributed by atoms with van der Waals surface area (Å²) >= 11 is 5.44. The van der Waals surface area contributed by atoms with Crippen molar-refractivity contribution in [2.45, 2.75) is 45.3 Å². The van der Waals surface area contributed by atoms with Crippen molar-refractivity contribution in [2.24, 2.45) is 0 Å². The molecule has 5 heteroatoms. The van der Waals surface area contributed by atoms with Gasteiger partial charge in [-0.2, -0.15) is 0 Å². The van der Waals surface area contributed by atoms with E-state index in [4.69, 9.17) is 16.3 Å². The summed E-state index contributed by atoms with van der Waals surface area (Å²) in [6.07, 6.45) is 0.111. The van der Waals surface area contributed by atoms with Crippen molar-refractivity contribution in [3.8, 4) is 0 Å².